The number of aromatic nitrogens is 2. The lowest BCUT2D eigenvalue weighted by Gasteiger charge is -2.19. The molecule has 3 heteroatoms. The van der Waals surface area contributed by atoms with Crippen LogP contribution in [0.1, 0.15) is 37.9 Å². The molecule has 0 unspecified atom stereocenters. The fraction of sp³-hybridized carbons (Fsp3) is 0.353. The third kappa shape index (κ3) is 3.21. The number of nitriles is 1. The molecule has 0 aliphatic rings. The Morgan fingerprint density at radius 1 is 1.10 bits per heavy atom. The number of benzene rings is 1. The molecule has 1 aromatic carbocycles. The maximum atomic E-state index is 8.77. The Hall–Kier alpha value is -2.21. The van der Waals surface area contributed by atoms with Crippen LogP contribution in [-0.2, 0) is 11.8 Å². The van der Waals surface area contributed by atoms with Crippen molar-refractivity contribution >= 4 is 0 Å². The van der Waals surface area contributed by atoms with Gasteiger partial charge in [0.15, 0.2) is 0 Å². The van der Waals surface area contributed by atoms with Gasteiger partial charge < -0.3 is 0 Å². The van der Waals surface area contributed by atoms with Crippen LogP contribution in [0, 0.1) is 18.3 Å². The lowest BCUT2D eigenvalue weighted by atomic mass is 9.86. The molecule has 0 saturated heterocycles. The summed E-state index contributed by atoms with van der Waals surface area (Å²) in [4.78, 5) is 8.72. The molecule has 0 saturated carbocycles. The first-order valence-electron chi connectivity index (χ1n) is 6.72. The molecule has 0 aliphatic heterocycles. The van der Waals surface area contributed by atoms with E-state index >= 15 is 0 Å². The van der Waals surface area contributed by atoms with Crippen molar-refractivity contribution < 1.29 is 0 Å². The lowest BCUT2D eigenvalue weighted by Crippen LogP contribution is -2.10. The van der Waals surface area contributed by atoms with Crippen molar-refractivity contribution in [2.75, 3.05) is 0 Å². The third-order valence-corrected chi connectivity index (χ3v) is 3.18. The van der Waals surface area contributed by atoms with Crippen LogP contribution in [0.5, 0.6) is 0 Å². The normalized spacial score (nSPS) is 11.2. The second-order valence-corrected chi connectivity index (χ2v) is 5.97. The van der Waals surface area contributed by atoms with Crippen LogP contribution in [0.4, 0.5) is 0 Å². The van der Waals surface area contributed by atoms with Crippen molar-refractivity contribution in [1.29, 1.82) is 5.26 Å². The molecule has 1 aromatic heterocycles. The third-order valence-electron chi connectivity index (χ3n) is 3.18. The topological polar surface area (TPSA) is 49.6 Å². The van der Waals surface area contributed by atoms with E-state index in [1.54, 1.807) is 0 Å². The number of rotatable bonds is 2. The van der Waals surface area contributed by atoms with Crippen LogP contribution >= 0.6 is 0 Å². The standard InChI is InChI=1S/C17H19N3/c1-12-11-15(20-16(19-12)9-10-18)13-5-7-14(8-6-13)17(2,3)4/h5-8,11H,9H2,1-4H3. The van der Waals surface area contributed by atoms with Crippen LogP contribution < -0.4 is 0 Å². The molecular formula is C17H19N3. The molecule has 0 radical (unpaired) electrons. The van der Waals surface area contributed by atoms with E-state index in [0.29, 0.717) is 5.82 Å². The first-order valence-corrected chi connectivity index (χ1v) is 6.72. The molecule has 0 N–H and O–H groups in total. The van der Waals surface area contributed by atoms with E-state index in [4.69, 9.17) is 5.26 Å². The van der Waals surface area contributed by atoms with Crippen molar-refractivity contribution in [2.45, 2.75) is 39.5 Å². The molecular weight excluding hydrogens is 246 g/mol. The summed E-state index contributed by atoms with van der Waals surface area (Å²) in [5.41, 5.74) is 4.27. The van der Waals surface area contributed by atoms with E-state index < -0.39 is 0 Å². The minimum Gasteiger partial charge on any atom is -0.237 e. The molecule has 0 atom stereocenters. The second-order valence-electron chi connectivity index (χ2n) is 5.97. The predicted octanol–water partition coefficient (Wildman–Crippen LogP) is 3.82. The number of nitrogens with zero attached hydrogens (tertiary/aromatic N) is 3. The SMILES string of the molecule is Cc1cc(-c2ccc(C(C)(C)C)cc2)nc(CC#N)n1. The van der Waals surface area contributed by atoms with Gasteiger partial charge >= 0.3 is 0 Å². The van der Waals surface area contributed by atoms with E-state index in [0.717, 1.165) is 17.0 Å². The predicted molar refractivity (Wildman–Crippen MR) is 80.2 cm³/mol. The van der Waals surface area contributed by atoms with Crippen molar-refractivity contribution in [1.82, 2.24) is 9.97 Å². The summed E-state index contributed by atoms with van der Waals surface area (Å²) < 4.78 is 0. The van der Waals surface area contributed by atoms with Crippen LogP contribution in [0.15, 0.2) is 30.3 Å². The second kappa shape index (κ2) is 5.42. The minimum atomic E-state index is 0.145. The largest absolute Gasteiger partial charge is 0.237 e. The molecule has 1 heterocycles. The number of hydrogen-bond donors (Lipinski definition) is 0. The highest BCUT2D eigenvalue weighted by atomic mass is 14.9. The van der Waals surface area contributed by atoms with Gasteiger partial charge in [0, 0.05) is 11.3 Å². The Morgan fingerprint density at radius 2 is 1.75 bits per heavy atom. The Labute approximate surface area is 120 Å². The molecule has 20 heavy (non-hydrogen) atoms. The molecule has 0 amide bonds. The van der Waals surface area contributed by atoms with E-state index in [2.05, 4.69) is 61.1 Å². The van der Waals surface area contributed by atoms with Gasteiger partial charge in [-0.2, -0.15) is 5.26 Å². The molecule has 0 bridgehead atoms. The van der Waals surface area contributed by atoms with Crippen LogP contribution in [0.25, 0.3) is 11.3 Å². The van der Waals surface area contributed by atoms with Gasteiger partial charge in [-0.1, -0.05) is 45.0 Å². The zero-order valence-electron chi connectivity index (χ0n) is 12.4. The molecule has 2 rings (SSSR count). The van der Waals surface area contributed by atoms with E-state index in [1.807, 2.05) is 13.0 Å². The van der Waals surface area contributed by atoms with Crippen molar-refractivity contribution in [3.05, 3.63) is 47.4 Å². The van der Waals surface area contributed by atoms with Gasteiger partial charge in [0.2, 0.25) is 0 Å². The number of aryl methyl sites for hydroxylation is 1. The highest BCUT2D eigenvalue weighted by molar-refractivity contribution is 5.60. The Kier molecular flexibility index (Phi) is 3.85. The Balaban J connectivity index is 2.39. The summed E-state index contributed by atoms with van der Waals surface area (Å²) in [6.45, 7) is 8.52. The Morgan fingerprint density at radius 3 is 2.30 bits per heavy atom. The van der Waals surface area contributed by atoms with Gasteiger partial charge in [-0.25, -0.2) is 9.97 Å². The minimum absolute atomic E-state index is 0.145. The summed E-state index contributed by atoms with van der Waals surface area (Å²) in [7, 11) is 0. The van der Waals surface area contributed by atoms with E-state index in [-0.39, 0.29) is 11.8 Å². The average Bonchev–Trinajstić information content (AvgIpc) is 2.37. The smallest absolute Gasteiger partial charge is 0.143 e. The van der Waals surface area contributed by atoms with E-state index in [1.165, 1.54) is 5.56 Å². The fourth-order valence-electron chi connectivity index (χ4n) is 2.07. The van der Waals surface area contributed by atoms with Crippen molar-refractivity contribution in [3.8, 4) is 17.3 Å². The number of hydrogen-bond acceptors (Lipinski definition) is 3. The van der Waals surface area contributed by atoms with Crippen LogP contribution in [0.2, 0.25) is 0 Å². The van der Waals surface area contributed by atoms with Gasteiger partial charge in [-0.3, -0.25) is 0 Å². The molecule has 3 nitrogen and oxygen atoms in total. The molecule has 0 spiro atoms. The first kappa shape index (κ1) is 14.2. The van der Waals surface area contributed by atoms with Crippen molar-refractivity contribution in [3.63, 3.8) is 0 Å². The van der Waals surface area contributed by atoms with Gasteiger partial charge in [0.05, 0.1) is 18.2 Å². The Bertz CT molecular complexity index is 643. The maximum absolute atomic E-state index is 8.77. The zero-order valence-corrected chi connectivity index (χ0v) is 12.4. The highest BCUT2D eigenvalue weighted by Gasteiger charge is 2.13. The zero-order chi connectivity index (χ0) is 14.8. The average molecular weight is 265 g/mol. The first-order chi connectivity index (χ1) is 9.40. The summed E-state index contributed by atoms with van der Waals surface area (Å²) in [6.07, 6.45) is 0.245. The van der Waals surface area contributed by atoms with Gasteiger partial charge in [-0.15, -0.1) is 0 Å². The summed E-state index contributed by atoms with van der Waals surface area (Å²) in [6, 6.07) is 12.5. The molecule has 0 aliphatic carbocycles. The maximum Gasteiger partial charge on any atom is 0.143 e. The monoisotopic (exact) mass is 265 g/mol. The summed E-state index contributed by atoms with van der Waals surface area (Å²) in [5, 5.41) is 8.77. The fourth-order valence-corrected chi connectivity index (χ4v) is 2.07. The van der Waals surface area contributed by atoms with Gasteiger partial charge in [0.1, 0.15) is 5.82 Å². The van der Waals surface area contributed by atoms with Crippen LogP contribution in [0.3, 0.4) is 0 Å². The summed E-state index contributed by atoms with van der Waals surface area (Å²) in [5.74, 6) is 0.586. The summed E-state index contributed by atoms with van der Waals surface area (Å²) >= 11 is 0. The molecule has 102 valence electrons. The van der Waals surface area contributed by atoms with Crippen LogP contribution in [-0.4, -0.2) is 9.97 Å². The van der Waals surface area contributed by atoms with Gasteiger partial charge in [-0.05, 0) is 24.0 Å². The quantitative estimate of drug-likeness (QED) is 0.829. The molecule has 2 aromatic rings. The highest BCUT2D eigenvalue weighted by Crippen LogP contribution is 2.25. The molecule has 0 fully saturated rings. The van der Waals surface area contributed by atoms with Crippen molar-refractivity contribution in [2.24, 2.45) is 0 Å². The van der Waals surface area contributed by atoms with Gasteiger partial charge in [0.25, 0.3) is 0 Å². The lowest BCUT2D eigenvalue weighted by molar-refractivity contribution is 0.590. The van der Waals surface area contributed by atoms with E-state index in [9.17, 15) is 0 Å².